The van der Waals surface area contributed by atoms with E-state index in [9.17, 15) is 14.7 Å². The lowest BCUT2D eigenvalue weighted by Crippen LogP contribution is -2.09. The van der Waals surface area contributed by atoms with Gasteiger partial charge < -0.3 is 14.6 Å². The Hall–Kier alpha value is -2.04. The third-order valence-electron chi connectivity index (χ3n) is 2.05. The molecule has 0 bridgehead atoms. The maximum Gasteiger partial charge on any atom is 0.313 e. The fourth-order valence-corrected chi connectivity index (χ4v) is 1.21. The van der Waals surface area contributed by atoms with Crippen molar-refractivity contribution < 1.29 is 24.2 Å². The zero-order valence-corrected chi connectivity index (χ0v) is 9.02. The Kier molecular flexibility index (Phi) is 3.88. The highest BCUT2D eigenvalue weighted by Gasteiger charge is 2.17. The van der Waals surface area contributed by atoms with Crippen molar-refractivity contribution in [1.29, 1.82) is 0 Å². The first-order valence-electron chi connectivity index (χ1n) is 4.56. The maximum absolute atomic E-state index is 11.6. The smallest absolute Gasteiger partial charge is 0.313 e. The number of ether oxygens (including phenoxy) is 2. The molecular formula is C11H12O5. The molecule has 1 rings (SSSR count). The van der Waals surface area contributed by atoms with Gasteiger partial charge in [-0.1, -0.05) is 6.07 Å². The molecule has 0 radical (unpaired) electrons. The number of carbonyl (C=O) groups is 2. The van der Waals surface area contributed by atoms with Gasteiger partial charge in [0.25, 0.3) is 0 Å². The lowest BCUT2D eigenvalue weighted by atomic mass is 10.1. The van der Waals surface area contributed by atoms with Crippen LogP contribution in [-0.4, -0.2) is 31.1 Å². The number of phenolic OH excluding ortho intramolecular Hbond substituents is 1. The van der Waals surface area contributed by atoms with Gasteiger partial charge in [-0.15, -0.1) is 0 Å². The Labute approximate surface area is 92.6 Å². The van der Waals surface area contributed by atoms with Crippen LogP contribution in [0.25, 0.3) is 0 Å². The Bertz CT molecular complexity index is 411. The van der Waals surface area contributed by atoms with Crippen molar-refractivity contribution in [3.05, 3.63) is 23.8 Å². The van der Waals surface area contributed by atoms with E-state index in [4.69, 9.17) is 4.74 Å². The summed E-state index contributed by atoms with van der Waals surface area (Å²) in [7, 11) is 2.57. The van der Waals surface area contributed by atoms with Crippen molar-refractivity contribution in [3.8, 4) is 11.5 Å². The molecule has 0 aliphatic heterocycles. The third kappa shape index (κ3) is 2.50. The van der Waals surface area contributed by atoms with Crippen LogP contribution in [0.3, 0.4) is 0 Å². The number of para-hydroxylation sites is 1. The number of Topliss-reactive ketones (excluding diaryl/α,β-unsaturated/α-hetero) is 1. The van der Waals surface area contributed by atoms with Crippen LogP contribution in [-0.2, 0) is 9.53 Å². The summed E-state index contributed by atoms with van der Waals surface area (Å²) in [5, 5.41) is 9.65. The summed E-state index contributed by atoms with van der Waals surface area (Å²) in [5.41, 5.74) is 0.0461. The number of rotatable bonds is 4. The summed E-state index contributed by atoms with van der Waals surface area (Å²) < 4.78 is 9.21. The van der Waals surface area contributed by atoms with Gasteiger partial charge in [-0.2, -0.15) is 0 Å². The molecule has 0 atom stereocenters. The van der Waals surface area contributed by atoms with E-state index in [1.807, 2.05) is 0 Å². The van der Waals surface area contributed by atoms with Crippen LogP contribution in [0, 0.1) is 0 Å². The number of benzene rings is 1. The number of methoxy groups -OCH3 is 2. The van der Waals surface area contributed by atoms with E-state index in [1.54, 1.807) is 6.07 Å². The molecule has 0 aromatic heterocycles. The minimum absolute atomic E-state index is 0.0461. The van der Waals surface area contributed by atoms with Crippen LogP contribution in [0.2, 0.25) is 0 Å². The average molecular weight is 224 g/mol. The minimum Gasteiger partial charge on any atom is -0.504 e. The zero-order valence-electron chi connectivity index (χ0n) is 9.02. The largest absolute Gasteiger partial charge is 0.504 e. The van der Waals surface area contributed by atoms with Gasteiger partial charge in [-0.3, -0.25) is 9.59 Å². The van der Waals surface area contributed by atoms with E-state index < -0.39 is 18.2 Å². The molecule has 0 heterocycles. The quantitative estimate of drug-likeness (QED) is 0.471. The number of phenols is 1. The van der Waals surface area contributed by atoms with E-state index in [2.05, 4.69) is 4.74 Å². The molecule has 0 aliphatic carbocycles. The highest BCUT2D eigenvalue weighted by Crippen LogP contribution is 2.30. The summed E-state index contributed by atoms with van der Waals surface area (Å²) in [6, 6.07) is 4.50. The van der Waals surface area contributed by atoms with Crippen molar-refractivity contribution in [2.45, 2.75) is 6.42 Å². The van der Waals surface area contributed by atoms with Crippen molar-refractivity contribution in [1.82, 2.24) is 0 Å². The molecule has 1 aromatic rings. The van der Waals surface area contributed by atoms with Gasteiger partial charge in [0.2, 0.25) is 0 Å². The van der Waals surface area contributed by atoms with Gasteiger partial charge in [0.15, 0.2) is 17.3 Å². The van der Waals surface area contributed by atoms with Crippen LogP contribution >= 0.6 is 0 Å². The second-order valence-corrected chi connectivity index (χ2v) is 3.03. The molecule has 16 heavy (non-hydrogen) atoms. The molecule has 86 valence electrons. The highest BCUT2D eigenvalue weighted by molar-refractivity contribution is 6.07. The van der Waals surface area contributed by atoms with E-state index >= 15 is 0 Å². The maximum atomic E-state index is 11.6. The van der Waals surface area contributed by atoms with Crippen LogP contribution < -0.4 is 4.74 Å². The Morgan fingerprint density at radius 2 is 2.00 bits per heavy atom. The van der Waals surface area contributed by atoms with E-state index in [0.29, 0.717) is 0 Å². The fourth-order valence-electron chi connectivity index (χ4n) is 1.21. The predicted molar refractivity (Wildman–Crippen MR) is 55.6 cm³/mol. The number of carbonyl (C=O) groups excluding carboxylic acids is 2. The molecule has 1 aromatic carbocycles. The highest BCUT2D eigenvalue weighted by atomic mass is 16.5. The Morgan fingerprint density at radius 3 is 2.56 bits per heavy atom. The molecule has 0 unspecified atom stereocenters. The minimum atomic E-state index is -0.646. The Morgan fingerprint density at radius 1 is 1.31 bits per heavy atom. The monoisotopic (exact) mass is 224 g/mol. The van der Waals surface area contributed by atoms with Crippen molar-refractivity contribution in [2.24, 2.45) is 0 Å². The molecule has 0 amide bonds. The van der Waals surface area contributed by atoms with Crippen molar-refractivity contribution >= 4 is 11.8 Å². The standard InChI is InChI=1S/C11H12O5/c1-15-9-5-3-4-7(11(9)14)8(12)6-10(13)16-2/h3-5,14H,6H2,1-2H3. The number of esters is 1. The van der Waals surface area contributed by atoms with E-state index in [0.717, 1.165) is 0 Å². The van der Waals surface area contributed by atoms with Crippen LogP contribution in [0.1, 0.15) is 16.8 Å². The summed E-state index contributed by atoms with van der Waals surface area (Å²) >= 11 is 0. The number of ketones is 1. The summed E-state index contributed by atoms with van der Waals surface area (Å²) in [6.07, 6.45) is -0.406. The first-order valence-corrected chi connectivity index (χ1v) is 4.56. The van der Waals surface area contributed by atoms with Gasteiger partial charge in [-0.05, 0) is 12.1 Å². The SMILES string of the molecule is COC(=O)CC(=O)c1cccc(OC)c1O. The van der Waals surface area contributed by atoms with Gasteiger partial charge >= 0.3 is 5.97 Å². The first kappa shape index (κ1) is 12.0. The summed E-state index contributed by atoms with van der Waals surface area (Å²) in [6.45, 7) is 0. The normalized spacial score (nSPS) is 9.62. The molecule has 0 fully saturated rings. The molecule has 5 nitrogen and oxygen atoms in total. The lowest BCUT2D eigenvalue weighted by Gasteiger charge is -2.07. The number of hydrogen-bond donors (Lipinski definition) is 1. The second kappa shape index (κ2) is 5.16. The molecule has 0 spiro atoms. The first-order chi connectivity index (χ1) is 7.60. The topological polar surface area (TPSA) is 72.8 Å². The molecule has 0 saturated carbocycles. The lowest BCUT2D eigenvalue weighted by molar-refractivity contribution is -0.139. The number of aromatic hydroxyl groups is 1. The molecule has 1 N–H and O–H groups in total. The third-order valence-corrected chi connectivity index (χ3v) is 2.05. The number of hydrogen-bond acceptors (Lipinski definition) is 5. The van der Waals surface area contributed by atoms with Gasteiger partial charge in [0.1, 0.15) is 6.42 Å². The predicted octanol–water partition coefficient (Wildman–Crippen LogP) is 1.15. The summed E-state index contributed by atoms with van der Waals surface area (Å²) in [5.74, 6) is -1.23. The van der Waals surface area contributed by atoms with E-state index in [1.165, 1.54) is 26.4 Å². The average Bonchev–Trinajstić information content (AvgIpc) is 2.29. The molecule has 0 aliphatic rings. The Balaban J connectivity index is 2.96. The molecular weight excluding hydrogens is 212 g/mol. The van der Waals surface area contributed by atoms with Gasteiger partial charge in [0.05, 0.1) is 19.8 Å². The zero-order chi connectivity index (χ0) is 12.1. The summed E-state index contributed by atoms with van der Waals surface area (Å²) in [4.78, 5) is 22.5. The van der Waals surface area contributed by atoms with Crippen LogP contribution in [0.4, 0.5) is 0 Å². The van der Waals surface area contributed by atoms with Crippen LogP contribution in [0.15, 0.2) is 18.2 Å². The van der Waals surface area contributed by atoms with Crippen LogP contribution in [0.5, 0.6) is 11.5 Å². The van der Waals surface area contributed by atoms with Crippen molar-refractivity contribution in [2.75, 3.05) is 14.2 Å². The molecule has 5 heteroatoms. The van der Waals surface area contributed by atoms with Gasteiger partial charge in [-0.25, -0.2) is 0 Å². The fraction of sp³-hybridized carbons (Fsp3) is 0.273. The van der Waals surface area contributed by atoms with E-state index in [-0.39, 0.29) is 17.1 Å². The van der Waals surface area contributed by atoms with Crippen molar-refractivity contribution in [3.63, 3.8) is 0 Å². The van der Waals surface area contributed by atoms with Gasteiger partial charge in [0, 0.05) is 0 Å². The molecule has 0 saturated heterocycles. The second-order valence-electron chi connectivity index (χ2n) is 3.03.